The first-order valence-electron chi connectivity index (χ1n) is 6.32. The molecule has 0 atom stereocenters. The molecule has 0 aliphatic carbocycles. The minimum atomic E-state index is -1.01. The van der Waals surface area contributed by atoms with Crippen molar-refractivity contribution in [3.8, 4) is 0 Å². The number of furan rings is 1. The number of hydrogen-bond acceptors (Lipinski definition) is 4. The lowest BCUT2D eigenvalue weighted by molar-refractivity contribution is -0.159. The van der Waals surface area contributed by atoms with Crippen molar-refractivity contribution in [3.05, 3.63) is 23.7 Å². The molecule has 0 spiro atoms. The maximum atomic E-state index is 11.8. The molecule has 2 heterocycles. The smallest absolute Gasteiger partial charge is 0.329 e. The number of carboxylic acids is 1. The average Bonchev–Trinajstić information content (AvgIpc) is 2.76. The number of urea groups is 1. The first-order valence-corrected chi connectivity index (χ1v) is 6.32. The van der Waals surface area contributed by atoms with E-state index in [9.17, 15) is 9.59 Å². The van der Waals surface area contributed by atoms with E-state index in [-0.39, 0.29) is 12.6 Å². The van der Waals surface area contributed by atoms with Crippen molar-refractivity contribution >= 4 is 12.0 Å². The second-order valence-electron chi connectivity index (χ2n) is 5.16. The van der Waals surface area contributed by atoms with Gasteiger partial charge in [0.2, 0.25) is 0 Å². The standard InChI is InChI=1S/C13H18N2O5/c1-9-3-4-10(20-9)5-14-12(18)15-7-13(2,8-15)19-6-11(16)17/h3-4H,5-8H2,1-2H3,(H,14,18)(H,16,17). The van der Waals surface area contributed by atoms with Gasteiger partial charge >= 0.3 is 12.0 Å². The topological polar surface area (TPSA) is 92.0 Å². The third-order valence-electron chi connectivity index (χ3n) is 3.09. The van der Waals surface area contributed by atoms with Gasteiger partial charge in [-0.3, -0.25) is 0 Å². The van der Waals surface area contributed by atoms with Crippen LogP contribution in [0.5, 0.6) is 0 Å². The summed E-state index contributed by atoms with van der Waals surface area (Å²) >= 11 is 0. The van der Waals surface area contributed by atoms with Crippen LogP contribution >= 0.6 is 0 Å². The second-order valence-corrected chi connectivity index (χ2v) is 5.16. The fraction of sp³-hybridized carbons (Fsp3) is 0.538. The molecular weight excluding hydrogens is 264 g/mol. The van der Waals surface area contributed by atoms with Gasteiger partial charge < -0.3 is 24.5 Å². The van der Waals surface area contributed by atoms with E-state index in [0.29, 0.717) is 25.4 Å². The molecule has 0 bridgehead atoms. The predicted molar refractivity (Wildman–Crippen MR) is 69.2 cm³/mol. The van der Waals surface area contributed by atoms with Crippen molar-refractivity contribution < 1.29 is 23.8 Å². The van der Waals surface area contributed by atoms with Crippen LogP contribution in [0.3, 0.4) is 0 Å². The van der Waals surface area contributed by atoms with Gasteiger partial charge in [0.15, 0.2) is 0 Å². The predicted octanol–water partition coefficient (Wildman–Crippen LogP) is 0.973. The Morgan fingerprint density at radius 3 is 2.75 bits per heavy atom. The summed E-state index contributed by atoms with van der Waals surface area (Å²) in [5.74, 6) is 0.483. The fourth-order valence-electron chi connectivity index (χ4n) is 2.09. The molecule has 1 aliphatic heterocycles. The molecular formula is C13H18N2O5. The zero-order valence-electron chi connectivity index (χ0n) is 11.5. The largest absolute Gasteiger partial charge is 0.480 e. The van der Waals surface area contributed by atoms with Crippen LogP contribution in [0.4, 0.5) is 4.79 Å². The van der Waals surface area contributed by atoms with Gasteiger partial charge in [0.25, 0.3) is 0 Å². The van der Waals surface area contributed by atoms with E-state index < -0.39 is 11.6 Å². The van der Waals surface area contributed by atoms with E-state index in [2.05, 4.69) is 5.32 Å². The van der Waals surface area contributed by atoms with Crippen LogP contribution in [0.25, 0.3) is 0 Å². The molecule has 0 aromatic carbocycles. The van der Waals surface area contributed by atoms with Gasteiger partial charge in [-0.25, -0.2) is 9.59 Å². The zero-order valence-corrected chi connectivity index (χ0v) is 11.5. The highest BCUT2D eigenvalue weighted by molar-refractivity contribution is 5.75. The van der Waals surface area contributed by atoms with Gasteiger partial charge in [0.1, 0.15) is 23.7 Å². The molecule has 1 saturated heterocycles. The van der Waals surface area contributed by atoms with Crippen molar-refractivity contribution in [2.24, 2.45) is 0 Å². The van der Waals surface area contributed by atoms with Crippen molar-refractivity contribution in [2.75, 3.05) is 19.7 Å². The van der Waals surface area contributed by atoms with Crippen LogP contribution < -0.4 is 5.32 Å². The second kappa shape index (κ2) is 5.54. The number of hydrogen-bond donors (Lipinski definition) is 2. The fourth-order valence-corrected chi connectivity index (χ4v) is 2.09. The Morgan fingerprint density at radius 1 is 1.50 bits per heavy atom. The third kappa shape index (κ3) is 3.51. The van der Waals surface area contributed by atoms with Gasteiger partial charge in [0, 0.05) is 0 Å². The molecule has 110 valence electrons. The number of rotatable bonds is 5. The molecule has 1 fully saturated rings. The van der Waals surface area contributed by atoms with E-state index >= 15 is 0 Å². The molecule has 0 unspecified atom stereocenters. The number of carboxylic acid groups (broad SMARTS) is 1. The maximum absolute atomic E-state index is 11.8. The minimum absolute atomic E-state index is 0.213. The van der Waals surface area contributed by atoms with E-state index in [1.165, 1.54) is 0 Å². The number of carbonyl (C=O) groups excluding carboxylic acids is 1. The Labute approximate surface area is 116 Å². The Bertz CT molecular complexity index is 505. The lowest BCUT2D eigenvalue weighted by atomic mass is 9.97. The number of ether oxygens (including phenoxy) is 1. The van der Waals surface area contributed by atoms with Crippen molar-refractivity contribution in [3.63, 3.8) is 0 Å². The molecule has 7 nitrogen and oxygen atoms in total. The van der Waals surface area contributed by atoms with E-state index in [1.807, 2.05) is 19.1 Å². The summed E-state index contributed by atoms with van der Waals surface area (Å²) in [6, 6.07) is 3.43. The molecule has 2 amide bonds. The lowest BCUT2D eigenvalue weighted by Gasteiger charge is -2.46. The molecule has 0 saturated carbocycles. The van der Waals surface area contributed by atoms with Gasteiger partial charge in [-0.05, 0) is 26.0 Å². The number of carbonyl (C=O) groups is 2. The number of nitrogens with one attached hydrogen (secondary N) is 1. The normalized spacial score (nSPS) is 16.6. The molecule has 1 aromatic rings. The Morgan fingerprint density at radius 2 is 2.20 bits per heavy atom. The summed E-state index contributed by atoms with van der Waals surface area (Å²) in [5, 5.41) is 11.3. The Hall–Kier alpha value is -2.02. The number of amides is 2. The Balaban J connectivity index is 1.72. The number of aliphatic carboxylic acids is 1. The highest BCUT2D eigenvalue weighted by Crippen LogP contribution is 2.24. The highest BCUT2D eigenvalue weighted by atomic mass is 16.5. The highest BCUT2D eigenvalue weighted by Gasteiger charge is 2.42. The molecule has 20 heavy (non-hydrogen) atoms. The van der Waals surface area contributed by atoms with Crippen molar-refractivity contribution in [2.45, 2.75) is 26.0 Å². The van der Waals surface area contributed by atoms with Gasteiger partial charge in [-0.2, -0.15) is 0 Å². The van der Waals surface area contributed by atoms with Crippen LogP contribution in [0, 0.1) is 6.92 Å². The molecule has 1 aromatic heterocycles. The van der Waals surface area contributed by atoms with Gasteiger partial charge in [-0.1, -0.05) is 0 Å². The summed E-state index contributed by atoms with van der Waals surface area (Å²) < 4.78 is 10.6. The molecule has 0 radical (unpaired) electrons. The maximum Gasteiger partial charge on any atom is 0.329 e. The summed E-state index contributed by atoms with van der Waals surface area (Å²) in [6.45, 7) is 4.36. The van der Waals surface area contributed by atoms with Gasteiger partial charge in [-0.15, -0.1) is 0 Å². The van der Waals surface area contributed by atoms with E-state index in [1.54, 1.807) is 11.8 Å². The lowest BCUT2D eigenvalue weighted by Crippen LogP contribution is -2.65. The van der Waals surface area contributed by atoms with Crippen LogP contribution in [0.15, 0.2) is 16.5 Å². The zero-order chi connectivity index (χ0) is 14.8. The summed E-state index contributed by atoms with van der Waals surface area (Å²) in [6.07, 6.45) is 0. The third-order valence-corrected chi connectivity index (χ3v) is 3.09. The van der Waals surface area contributed by atoms with Crippen LogP contribution in [-0.2, 0) is 16.1 Å². The quantitative estimate of drug-likeness (QED) is 0.839. The molecule has 2 N–H and O–H groups in total. The van der Waals surface area contributed by atoms with Gasteiger partial charge in [0.05, 0.1) is 19.6 Å². The number of likely N-dealkylation sites (tertiary alicyclic amines) is 1. The van der Waals surface area contributed by atoms with E-state index in [4.69, 9.17) is 14.3 Å². The Kier molecular flexibility index (Phi) is 3.99. The molecule has 1 aliphatic rings. The number of nitrogens with zero attached hydrogens (tertiary/aromatic N) is 1. The molecule has 2 rings (SSSR count). The van der Waals surface area contributed by atoms with Crippen LogP contribution in [0.2, 0.25) is 0 Å². The summed E-state index contributed by atoms with van der Waals surface area (Å²) in [7, 11) is 0. The number of aryl methyl sites for hydroxylation is 1. The molecule has 7 heteroatoms. The summed E-state index contributed by atoms with van der Waals surface area (Å²) in [4.78, 5) is 23.8. The van der Waals surface area contributed by atoms with E-state index in [0.717, 1.165) is 5.76 Å². The summed E-state index contributed by atoms with van der Waals surface area (Å²) in [5.41, 5.74) is -0.572. The van der Waals surface area contributed by atoms with Crippen molar-refractivity contribution in [1.29, 1.82) is 0 Å². The van der Waals surface area contributed by atoms with Crippen LogP contribution in [0.1, 0.15) is 18.4 Å². The van der Waals surface area contributed by atoms with Crippen LogP contribution in [-0.4, -0.2) is 47.3 Å². The van der Waals surface area contributed by atoms with Crippen molar-refractivity contribution in [1.82, 2.24) is 10.2 Å². The SMILES string of the molecule is Cc1ccc(CNC(=O)N2CC(C)(OCC(=O)O)C2)o1. The minimum Gasteiger partial charge on any atom is -0.480 e. The monoisotopic (exact) mass is 282 g/mol. The first kappa shape index (κ1) is 14.4. The average molecular weight is 282 g/mol. The first-order chi connectivity index (χ1) is 9.38.